The molecule has 14 heteroatoms. The molecule has 0 saturated carbocycles. The summed E-state index contributed by atoms with van der Waals surface area (Å²) in [5, 5.41) is 50.9. The molecule has 41 heavy (non-hydrogen) atoms. The summed E-state index contributed by atoms with van der Waals surface area (Å²) in [6, 6.07) is 0. The molecule has 0 aromatic rings. The fourth-order valence-corrected chi connectivity index (χ4v) is 4.59. The Labute approximate surface area is 239 Å². The highest BCUT2D eigenvalue weighted by atomic mass is 16.8. The minimum absolute atomic E-state index is 0.00681. The first-order valence-corrected chi connectivity index (χ1v) is 14.0. The maximum atomic E-state index is 12.9. The smallest absolute Gasteiger partial charge is 0.306 e. The third-order valence-electron chi connectivity index (χ3n) is 6.52. The highest BCUT2D eigenvalue weighted by Gasteiger charge is 2.60. The van der Waals surface area contributed by atoms with Gasteiger partial charge in [-0.05, 0) is 17.8 Å². The number of carbonyl (C=O) groups is 3. The van der Waals surface area contributed by atoms with E-state index in [2.05, 4.69) is 0 Å². The van der Waals surface area contributed by atoms with Gasteiger partial charge in [0.15, 0.2) is 18.3 Å². The zero-order valence-electron chi connectivity index (χ0n) is 24.5. The first kappa shape index (κ1) is 35.3. The summed E-state index contributed by atoms with van der Waals surface area (Å²) in [5.41, 5.74) is 0. The van der Waals surface area contributed by atoms with E-state index in [4.69, 9.17) is 28.4 Å². The van der Waals surface area contributed by atoms with Crippen LogP contribution in [0.5, 0.6) is 0 Å². The molecule has 5 N–H and O–H groups in total. The Hall–Kier alpha value is -1.91. The third kappa shape index (κ3) is 9.29. The van der Waals surface area contributed by atoms with Crippen LogP contribution in [-0.2, 0) is 42.8 Å². The van der Waals surface area contributed by atoms with Crippen LogP contribution >= 0.6 is 0 Å². The Morgan fingerprint density at radius 2 is 1.15 bits per heavy atom. The van der Waals surface area contributed by atoms with Crippen LogP contribution in [-0.4, -0.2) is 118 Å². The van der Waals surface area contributed by atoms with Crippen molar-refractivity contribution in [2.75, 3.05) is 19.8 Å². The van der Waals surface area contributed by atoms with Crippen molar-refractivity contribution < 1.29 is 68.3 Å². The number of aliphatic hydroxyl groups excluding tert-OH is 5. The SMILES string of the molecule is CC(C)CC(=O)OC1[C@@H](OC(=O)CC(C)C)[C@@H](O[C@]2(CO)O[C@H](CO)[C@@H](O)[C@@H]2O)O[C@H](CO)[C@H]1OC(=O)CC(C)C. The predicted molar refractivity (Wildman–Crippen MR) is 139 cm³/mol. The summed E-state index contributed by atoms with van der Waals surface area (Å²) in [6.07, 6.45) is -12.8. The topological polar surface area (TPSA) is 208 Å². The molecule has 2 fully saturated rings. The van der Waals surface area contributed by atoms with E-state index in [1.807, 2.05) is 0 Å². The number of ether oxygens (including phenoxy) is 6. The quantitative estimate of drug-likeness (QED) is 0.126. The van der Waals surface area contributed by atoms with Crippen LogP contribution in [0.4, 0.5) is 0 Å². The van der Waals surface area contributed by atoms with Gasteiger partial charge in [-0.15, -0.1) is 0 Å². The third-order valence-corrected chi connectivity index (χ3v) is 6.52. The van der Waals surface area contributed by atoms with Gasteiger partial charge in [-0.2, -0.15) is 0 Å². The zero-order chi connectivity index (χ0) is 31.1. The van der Waals surface area contributed by atoms with Gasteiger partial charge in [-0.25, -0.2) is 0 Å². The van der Waals surface area contributed by atoms with E-state index in [0.717, 1.165) is 0 Å². The van der Waals surface area contributed by atoms with E-state index in [1.54, 1.807) is 41.5 Å². The van der Waals surface area contributed by atoms with Crippen LogP contribution in [0.3, 0.4) is 0 Å². The van der Waals surface area contributed by atoms with Crippen molar-refractivity contribution in [1.82, 2.24) is 0 Å². The van der Waals surface area contributed by atoms with Gasteiger partial charge in [0.25, 0.3) is 0 Å². The summed E-state index contributed by atoms with van der Waals surface area (Å²) < 4.78 is 34.1. The second-order valence-electron chi connectivity index (χ2n) is 11.7. The van der Waals surface area contributed by atoms with Crippen LogP contribution in [0, 0.1) is 17.8 Å². The standard InChI is InChI=1S/C27H46O14/c1-13(2)7-18(31)37-22-17(11-29)36-26(41-27(12-30)25(35)21(34)16(10-28)40-27)24(39-20(33)9-15(5)6)23(22)38-19(32)8-14(3)4/h13-17,21-26,28-30,34-35H,7-12H2,1-6H3/t16-,17-,21-,22-,23?,24-,25+,26-,27+/m1/s1. The second-order valence-corrected chi connectivity index (χ2v) is 11.7. The summed E-state index contributed by atoms with van der Waals surface area (Å²) >= 11 is 0. The van der Waals surface area contributed by atoms with Gasteiger partial charge in [0.1, 0.15) is 31.0 Å². The van der Waals surface area contributed by atoms with Crippen molar-refractivity contribution in [3.05, 3.63) is 0 Å². The molecule has 2 heterocycles. The van der Waals surface area contributed by atoms with Gasteiger partial charge in [0.2, 0.25) is 12.1 Å². The monoisotopic (exact) mass is 594 g/mol. The second kappa shape index (κ2) is 15.5. The van der Waals surface area contributed by atoms with E-state index < -0.39 is 92.5 Å². The van der Waals surface area contributed by atoms with Gasteiger partial charge in [-0.1, -0.05) is 41.5 Å². The van der Waals surface area contributed by atoms with E-state index >= 15 is 0 Å². The molecule has 0 spiro atoms. The number of carbonyl (C=O) groups excluding carboxylic acids is 3. The summed E-state index contributed by atoms with van der Waals surface area (Å²) in [4.78, 5) is 38.4. The van der Waals surface area contributed by atoms with Crippen molar-refractivity contribution in [3.63, 3.8) is 0 Å². The average Bonchev–Trinajstić information content (AvgIpc) is 3.10. The van der Waals surface area contributed by atoms with Gasteiger partial charge < -0.3 is 54.0 Å². The normalized spacial score (nSPS) is 33.8. The van der Waals surface area contributed by atoms with Gasteiger partial charge in [0, 0.05) is 19.3 Å². The van der Waals surface area contributed by atoms with E-state index in [-0.39, 0.29) is 37.0 Å². The minimum Gasteiger partial charge on any atom is -0.455 e. The number of rotatable bonds is 14. The summed E-state index contributed by atoms with van der Waals surface area (Å²) in [6.45, 7) is 8.14. The molecule has 2 aliphatic rings. The van der Waals surface area contributed by atoms with Crippen LogP contribution in [0.2, 0.25) is 0 Å². The van der Waals surface area contributed by atoms with E-state index in [0.29, 0.717) is 0 Å². The first-order valence-electron chi connectivity index (χ1n) is 14.0. The maximum absolute atomic E-state index is 12.9. The average molecular weight is 595 g/mol. The molecule has 0 bridgehead atoms. The largest absolute Gasteiger partial charge is 0.455 e. The van der Waals surface area contributed by atoms with Crippen LogP contribution < -0.4 is 0 Å². The van der Waals surface area contributed by atoms with Gasteiger partial charge in [-0.3, -0.25) is 14.4 Å². The Morgan fingerprint density at radius 1 is 0.707 bits per heavy atom. The molecular weight excluding hydrogens is 548 g/mol. The molecule has 14 nitrogen and oxygen atoms in total. The van der Waals surface area contributed by atoms with E-state index in [9.17, 15) is 39.9 Å². The molecule has 9 atom stereocenters. The van der Waals surface area contributed by atoms with Crippen molar-refractivity contribution >= 4 is 17.9 Å². The number of hydrogen-bond acceptors (Lipinski definition) is 14. The predicted octanol–water partition coefficient (Wildman–Crippen LogP) is -0.605. The Bertz CT molecular complexity index is 863. The van der Waals surface area contributed by atoms with Crippen molar-refractivity contribution in [2.24, 2.45) is 17.8 Å². The lowest BCUT2D eigenvalue weighted by Crippen LogP contribution is -2.65. The highest BCUT2D eigenvalue weighted by molar-refractivity contribution is 5.72. The molecule has 2 rings (SSSR count). The van der Waals surface area contributed by atoms with Crippen molar-refractivity contribution in [1.29, 1.82) is 0 Å². The highest BCUT2D eigenvalue weighted by Crippen LogP contribution is 2.38. The van der Waals surface area contributed by atoms with Crippen LogP contribution in [0.25, 0.3) is 0 Å². The molecule has 2 saturated heterocycles. The van der Waals surface area contributed by atoms with Gasteiger partial charge >= 0.3 is 17.9 Å². The molecule has 0 amide bonds. The summed E-state index contributed by atoms with van der Waals surface area (Å²) in [5.74, 6) is -4.87. The Kier molecular flexibility index (Phi) is 13.4. The fourth-order valence-electron chi connectivity index (χ4n) is 4.59. The van der Waals surface area contributed by atoms with Crippen LogP contribution in [0.1, 0.15) is 60.8 Å². The molecule has 0 aromatic carbocycles. The number of hydrogen-bond donors (Lipinski definition) is 5. The van der Waals surface area contributed by atoms with Crippen LogP contribution in [0.15, 0.2) is 0 Å². The molecule has 0 radical (unpaired) electrons. The lowest BCUT2D eigenvalue weighted by Gasteiger charge is -2.46. The van der Waals surface area contributed by atoms with Crippen molar-refractivity contribution in [2.45, 2.75) is 116 Å². The number of esters is 3. The maximum Gasteiger partial charge on any atom is 0.306 e. The molecule has 238 valence electrons. The lowest BCUT2D eigenvalue weighted by atomic mass is 9.97. The van der Waals surface area contributed by atoms with E-state index in [1.165, 1.54) is 0 Å². The molecule has 1 unspecified atom stereocenters. The number of aliphatic hydroxyl groups is 5. The molecule has 0 aromatic heterocycles. The fraction of sp³-hybridized carbons (Fsp3) is 0.889. The first-order chi connectivity index (χ1) is 19.2. The molecule has 0 aliphatic carbocycles. The van der Waals surface area contributed by atoms with Gasteiger partial charge in [0.05, 0.1) is 13.2 Å². The molecule has 2 aliphatic heterocycles. The minimum atomic E-state index is -2.37. The van der Waals surface area contributed by atoms with Crippen molar-refractivity contribution in [3.8, 4) is 0 Å². The molecular formula is C27H46O14. The Balaban J connectivity index is 2.56. The summed E-state index contributed by atoms with van der Waals surface area (Å²) in [7, 11) is 0. The zero-order valence-corrected chi connectivity index (χ0v) is 24.5. The Morgan fingerprint density at radius 3 is 1.54 bits per heavy atom. The lowest BCUT2D eigenvalue weighted by molar-refractivity contribution is -0.384.